The van der Waals surface area contributed by atoms with Crippen molar-refractivity contribution in [2.45, 2.75) is 19.6 Å². The van der Waals surface area contributed by atoms with Crippen LogP contribution >= 0.6 is 21.4 Å². The predicted molar refractivity (Wildman–Crippen MR) is 294 cm³/mol. The van der Waals surface area contributed by atoms with E-state index >= 15 is 0 Å². The van der Waals surface area contributed by atoms with Crippen LogP contribution in [0.3, 0.4) is 0 Å². The molecule has 70 heavy (non-hydrogen) atoms. The third-order valence-electron chi connectivity index (χ3n) is 13.9. The predicted octanol–water partition coefficient (Wildman–Crippen LogP) is 17.7. The summed E-state index contributed by atoms with van der Waals surface area (Å²) < 4.78 is 7.17. The van der Waals surface area contributed by atoms with Crippen LogP contribution in [0.2, 0.25) is 0 Å². The molecule has 0 spiro atoms. The zero-order valence-corrected chi connectivity index (χ0v) is 39.5. The van der Waals surface area contributed by atoms with E-state index in [1.807, 2.05) is 11.3 Å². The molecule has 0 aliphatic rings. The number of benzene rings is 10. The van der Waals surface area contributed by atoms with Crippen LogP contribution in [0, 0.1) is 0 Å². The SMILES string of the molecule is c1ccc(S(c2ccccc2)(c2ccccc2)c2ccc(-c3cc(-c4ccc5c(c4)sc4ccccc45)nc(-n4c5ccccc5c5cc(-n6c7ccccc7c7ccccc76)ccc54)n3)cc2)cc1. The molecule has 0 aliphatic carbocycles. The van der Waals surface area contributed by atoms with Gasteiger partial charge in [-0.25, -0.2) is 9.97 Å². The van der Waals surface area contributed by atoms with Crippen LogP contribution < -0.4 is 0 Å². The minimum atomic E-state index is -1.87. The zero-order chi connectivity index (χ0) is 46.2. The first-order valence-corrected chi connectivity index (χ1v) is 26.1. The highest BCUT2D eigenvalue weighted by Gasteiger charge is 2.33. The van der Waals surface area contributed by atoms with Gasteiger partial charge in [0.2, 0.25) is 5.95 Å². The number of aromatic nitrogens is 4. The van der Waals surface area contributed by atoms with Gasteiger partial charge in [-0.3, -0.25) is 4.57 Å². The van der Waals surface area contributed by atoms with Crippen molar-refractivity contribution in [2.24, 2.45) is 0 Å². The van der Waals surface area contributed by atoms with Crippen molar-refractivity contribution in [3.63, 3.8) is 0 Å². The highest BCUT2D eigenvalue weighted by atomic mass is 32.3. The van der Waals surface area contributed by atoms with Gasteiger partial charge in [0.15, 0.2) is 0 Å². The Hall–Kier alpha value is -8.55. The number of para-hydroxylation sites is 3. The Morgan fingerprint density at radius 1 is 0.300 bits per heavy atom. The lowest BCUT2D eigenvalue weighted by molar-refractivity contribution is 0.995. The Labute approximate surface area is 410 Å². The molecule has 0 unspecified atom stereocenters. The first-order valence-electron chi connectivity index (χ1n) is 23.6. The lowest BCUT2D eigenvalue weighted by Crippen LogP contribution is -2.05. The summed E-state index contributed by atoms with van der Waals surface area (Å²) in [5.41, 5.74) is 9.38. The summed E-state index contributed by atoms with van der Waals surface area (Å²) in [5.74, 6) is 0.627. The topological polar surface area (TPSA) is 35.6 Å². The van der Waals surface area contributed by atoms with Gasteiger partial charge in [0.25, 0.3) is 0 Å². The van der Waals surface area contributed by atoms with Crippen molar-refractivity contribution in [2.75, 3.05) is 0 Å². The van der Waals surface area contributed by atoms with Crippen LogP contribution in [0.5, 0.6) is 0 Å². The summed E-state index contributed by atoms with van der Waals surface area (Å²) in [6, 6.07) is 92.8. The van der Waals surface area contributed by atoms with Gasteiger partial charge in [-0.15, -0.1) is 21.4 Å². The smallest absolute Gasteiger partial charge is 0.235 e. The van der Waals surface area contributed by atoms with Gasteiger partial charge < -0.3 is 4.57 Å². The van der Waals surface area contributed by atoms with Crippen LogP contribution in [-0.4, -0.2) is 19.1 Å². The number of nitrogens with zero attached hydrogens (tertiary/aromatic N) is 4. The molecular weight excluding hydrogens is 889 g/mol. The quantitative estimate of drug-likeness (QED) is 0.152. The molecule has 0 atom stereocenters. The molecule has 4 nitrogen and oxygen atoms in total. The molecule has 0 saturated carbocycles. The molecule has 0 aliphatic heterocycles. The zero-order valence-electron chi connectivity index (χ0n) is 37.9. The average molecular weight is 931 g/mol. The van der Waals surface area contributed by atoms with Crippen molar-refractivity contribution in [1.29, 1.82) is 0 Å². The summed E-state index contributed by atoms with van der Waals surface area (Å²) in [6.45, 7) is 0. The molecular formula is C64H42N4S2. The van der Waals surface area contributed by atoms with Crippen LogP contribution in [-0.2, 0) is 0 Å². The Morgan fingerprint density at radius 3 is 1.34 bits per heavy atom. The van der Waals surface area contributed by atoms with E-state index in [9.17, 15) is 0 Å². The third kappa shape index (κ3) is 6.31. The lowest BCUT2D eigenvalue weighted by Gasteiger charge is -2.42. The largest absolute Gasteiger partial charge is 0.309 e. The number of thiophene rings is 1. The first kappa shape index (κ1) is 40.5. The normalized spacial score (nSPS) is 12.2. The van der Waals surface area contributed by atoms with Crippen molar-refractivity contribution < 1.29 is 0 Å². The van der Waals surface area contributed by atoms with Gasteiger partial charge >= 0.3 is 0 Å². The van der Waals surface area contributed by atoms with E-state index in [0.29, 0.717) is 5.95 Å². The second-order valence-electron chi connectivity index (χ2n) is 17.7. The number of hydrogen-bond acceptors (Lipinski definition) is 3. The fourth-order valence-corrected chi connectivity index (χ4v) is 15.8. The number of rotatable bonds is 8. The summed E-state index contributed by atoms with van der Waals surface area (Å²) in [5, 5.41) is 7.32. The summed E-state index contributed by atoms with van der Waals surface area (Å²) >= 11 is 1.83. The van der Waals surface area contributed by atoms with Gasteiger partial charge in [-0.05, 0) is 103 Å². The van der Waals surface area contributed by atoms with E-state index in [1.54, 1.807) is 0 Å². The Morgan fingerprint density at radius 2 is 0.743 bits per heavy atom. The highest BCUT2D eigenvalue weighted by Crippen LogP contribution is 2.73. The van der Waals surface area contributed by atoms with Gasteiger partial charge in [-0.1, -0.05) is 152 Å². The lowest BCUT2D eigenvalue weighted by atomic mass is 10.1. The van der Waals surface area contributed by atoms with Crippen molar-refractivity contribution in [1.82, 2.24) is 19.1 Å². The second kappa shape index (κ2) is 16.3. The minimum Gasteiger partial charge on any atom is -0.309 e. The van der Waals surface area contributed by atoms with E-state index in [2.05, 4.69) is 264 Å². The third-order valence-corrected chi connectivity index (χ3v) is 18.9. The molecule has 10 aromatic carbocycles. The van der Waals surface area contributed by atoms with E-state index in [4.69, 9.17) is 9.97 Å². The standard InChI is InChI=1S/C64H42N4S2/c1-4-18-46(19-5-1)70(47-20-6-2-7-21-47,48-22-8-3-9-23-48)49-36-32-43(33-37-49)56-42-57(44-34-38-54-53-27-13-17-31-62(53)69-63(54)40-44)66-64(65-56)68-60-30-16-12-26-52(60)55-41-45(35-39-61(55)68)67-58-28-14-10-24-50(58)51-25-11-15-29-59(51)67/h1-42H. The fraction of sp³-hybridized carbons (Fsp3) is 0. The molecule has 14 aromatic rings. The fourth-order valence-electron chi connectivity index (χ4n) is 10.8. The summed E-state index contributed by atoms with van der Waals surface area (Å²) in [7, 11) is -1.87. The number of hydrogen-bond donors (Lipinski definition) is 0. The maximum absolute atomic E-state index is 5.55. The first-order chi connectivity index (χ1) is 34.7. The monoisotopic (exact) mass is 930 g/mol. The van der Waals surface area contributed by atoms with Crippen LogP contribution in [0.1, 0.15) is 0 Å². The molecule has 14 rings (SSSR count). The molecule has 0 amide bonds. The minimum absolute atomic E-state index is 0.627. The van der Waals surface area contributed by atoms with Gasteiger partial charge in [0, 0.05) is 78.1 Å². The molecule has 0 radical (unpaired) electrons. The average Bonchev–Trinajstić information content (AvgIpc) is 4.09. The van der Waals surface area contributed by atoms with Crippen molar-refractivity contribution in [3.8, 4) is 34.2 Å². The highest BCUT2D eigenvalue weighted by molar-refractivity contribution is 8.34. The molecule has 0 bridgehead atoms. The Balaban J connectivity index is 0.981. The van der Waals surface area contributed by atoms with E-state index < -0.39 is 10.0 Å². The molecule has 6 heteroatoms. The molecule has 4 heterocycles. The Kier molecular flexibility index (Phi) is 9.44. The van der Waals surface area contributed by atoms with Gasteiger partial charge in [0.05, 0.1) is 33.5 Å². The van der Waals surface area contributed by atoms with Gasteiger partial charge in [0.1, 0.15) is 0 Å². The van der Waals surface area contributed by atoms with Gasteiger partial charge in [-0.2, -0.15) is 0 Å². The maximum atomic E-state index is 5.55. The molecule has 4 aromatic heterocycles. The Bertz CT molecular complexity index is 4140. The summed E-state index contributed by atoms with van der Waals surface area (Å²) in [6.07, 6.45) is 0. The van der Waals surface area contributed by atoms with Crippen LogP contribution in [0.4, 0.5) is 0 Å². The molecule has 330 valence electrons. The molecule has 0 saturated heterocycles. The van der Waals surface area contributed by atoms with Crippen molar-refractivity contribution >= 4 is 85.1 Å². The maximum Gasteiger partial charge on any atom is 0.235 e. The molecule has 0 N–H and O–H groups in total. The van der Waals surface area contributed by atoms with Crippen LogP contribution in [0.15, 0.2) is 274 Å². The second-order valence-corrected chi connectivity index (χ2v) is 21.9. The molecule has 0 fully saturated rings. The number of fused-ring (bicyclic) bond motifs is 9. The van der Waals surface area contributed by atoms with E-state index in [1.165, 1.54) is 61.6 Å². The van der Waals surface area contributed by atoms with Crippen molar-refractivity contribution in [3.05, 3.63) is 255 Å². The van der Waals surface area contributed by atoms with E-state index in [0.717, 1.165) is 50.0 Å². The van der Waals surface area contributed by atoms with E-state index in [-0.39, 0.29) is 0 Å². The van der Waals surface area contributed by atoms with Crippen LogP contribution in [0.25, 0.3) is 97.9 Å². The summed E-state index contributed by atoms with van der Waals surface area (Å²) in [4.78, 5) is 16.2.